The van der Waals surface area contributed by atoms with E-state index in [0.29, 0.717) is 10.6 Å². The van der Waals surface area contributed by atoms with Crippen molar-refractivity contribution in [3.63, 3.8) is 0 Å². The molecular formula is C8H8ClNO3. The Balaban J connectivity index is 3.26. The van der Waals surface area contributed by atoms with Crippen molar-refractivity contribution in [2.24, 2.45) is 5.16 Å². The van der Waals surface area contributed by atoms with E-state index in [2.05, 4.69) is 5.16 Å². The van der Waals surface area contributed by atoms with Crippen LogP contribution >= 0.6 is 11.6 Å². The molecule has 1 aromatic rings. The van der Waals surface area contributed by atoms with Crippen molar-refractivity contribution in [3.05, 3.63) is 22.7 Å². The van der Waals surface area contributed by atoms with Crippen LogP contribution in [-0.2, 0) is 0 Å². The van der Waals surface area contributed by atoms with Crippen molar-refractivity contribution in [3.8, 4) is 11.5 Å². The molecule has 13 heavy (non-hydrogen) atoms. The van der Waals surface area contributed by atoms with Crippen molar-refractivity contribution >= 4 is 17.8 Å². The molecule has 0 spiro atoms. The molecule has 0 radical (unpaired) electrons. The highest BCUT2D eigenvalue weighted by Gasteiger charge is 2.07. The first-order valence-corrected chi connectivity index (χ1v) is 3.80. The lowest BCUT2D eigenvalue weighted by atomic mass is 10.2. The fraction of sp³-hybridized carbons (Fsp3) is 0.125. The Labute approximate surface area is 80.0 Å². The third kappa shape index (κ3) is 2.03. The van der Waals surface area contributed by atoms with Crippen molar-refractivity contribution in [1.29, 1.82) is 0 Å². The van der Waals surface area contributed by atoms with E-state index in [0.717, 1.165) is 6.21 Å². The van der Waals surface area contributed by atoms with E-state index in [4.69, 9.17) is 21.5 Å². The summed E-state index contributed by atoms with van der Waals surface area (Å²) in [4.78, 5) is 0. The minimum atomic E-state index is -0.107. The normalized spacial score (nSPS) is 10.6. The quantitative estimate of drug-likeness (QED) is 0.436. The summed E-state index contributed by atoms with van der Waals surface area (Å²) in [5, 5.41) is 20.9. The molecule has 0 bridgehead atoms. The molecule has 0 aromatic heterocycles. The average Bonchev–Trinajstić information content (AvgIpc) is 2.11. The van der Waals surface area contributed by atoms with Gasteiger partial charge in [0.05, 0.1) is 13.3 Å². The van der Waals surface area contributed by atoms with Gasteiger partial charge in [-0.1, -0.05) is 16.8 Å². The topological polar surface area (TPSA) is 62.0 Å². The van der Waals surface area contributed by atoms with Gasteiger partial charge in [0, 0.05) is 16.7 Å². The molecule has 0 amide bonds. The first-order valence-electron chi connectivity index (χ1n) is 3.43. The van der Waals surface area contributed by atoms with Crippen LogP contribution in [0.25, 0.3) is 0 Å². The number of rotatable bonds is 2. The first-order chi connectivity index (χ1) is 6.19. The van der Waals surface area contributed by atoms with Crippen molar-refractivity contribution in [2.45, 2.75) is 0 Å². The van der Waals surface area contributed by atoms with Crippen LogP contribution in [0.5, 0.6) is 11.5 Å². The molecule has 0 fully saturated rings. The van der Waals surface area contributed by atoms with E-state index in [1.165, 1.54) is 19.2 Å². The summed E-state index contributed by atoms with van der Waals surface area (Å²) in [6, 6.07) is 2.92. The number of hydrogen-bond donors (Lipinski definition) is 2. The van der Waals surface area contributed by atoms with Crippen molar-refractivity contribution in [2.75, 3.05) is 7.11 Å². The summed E-state index contributed by atoms with van der Waals surface area (Å²) in [6.07, 6.45) is 1.07. The van der Waals surface area contributed by atoms with Gasteiger partial charge in [-0.15, -0.1) is 0 Å². The minimum Gasteiger partial charge on any atom is -0.504 e. The van der Waals surface area contributed by atoms with Crippen LogP contribution in [0.1, 0.15) is 5.56 Å². The highest BCUT2D eigenvalue weighted by molar-refractivity contribution is 6.31. The first kappa shape index (κ1) is 9.67. The van der Waals surface area contributed by atoms with Crippen LogP contribution in [0.2, 0.25) is 5.02 Å². The third-order valence-electron chi connectivity index (χ3n) is 1.49. The van der Waals surface area contributed by atoms with Gasteiger partial charge in [0.15, 0.2) is 11.5 Å². The molecule has 5 heteroatoms. The third-order valence-corrected chi connectivity index (χ3v) is 1.70. The van der Waals surface area contributed by atoms with Gasteiger partial charge in [-0.05, 0) is 6.07 Å². The summed E-state index contributed by atoms with van der Waals surface area (Å²) >= 11 is 5.70. The molecule has 0 heterocycles. The predicted octanol–water partition coefficient (Wildman–Crippen LogP) is 1.86. The summed E-state index contributed by atoms with van der Waals surface area (Å²) in [6.45, 7) is 0. The zero-order chi connectivity index (χ0) is 9.84. The van der Waals surface area contributed by atoms with E-state index in [1.54, 1.807) is 0 Å². The van der Waals surface area contributed by atoms with E-state index in [-0.39, 0.29) is 11.5 Å². The highest BCUT2D eigenvalue weighted by atomic mass is 35.5. The number of phenols is 1. The zero-order valence-electron chi connectivity index (χ0n) is 6.86. The van der Waals surface area contributed by atoms with Crippen molar-refractivity contribution < 1.29 is 15.1 Å². The number of hydrogen-bond acceptors (Lipinski definition) is 4. The van der Waals surface area contributed by atoms with Gasteiger partial charge < -0.3 is 15.1 Å². The maximum Gasteiger partial charge on any atom is 0.166 e. The van der Waals surface area contributed by atoms with Crippen LogP contribution in [0.15, 0.2) is 17.3 Å². The van der Waals surface area contributed by atoms with E-state index >= 15 is 0 Å². The molecule has 1 aromatic carbocycles. The van der Waals surface area contributed by atoms with Gasteiger partial charge >= 0.3 is 0 Å². The molecule has 1 rings (SSSR count). The molecule has 0 aliphatic rings. The molecule has 4 nitrogen and oxygen atoms in total. The number of oxime groups is 1. The predicted molar refractivity (Wildman–Crippen MR) is 49.0 cm³/mol. The zero-order valence-corrected chi connectivity index (χ0v) is 7.62. The van der Waals surface area contributed by atoms with Gasteiger partial charge in [-0.25, -0.2) is 0 Å². The monoisotopic (exact) mass is 201 g/mol. The van der Waals surface area contributed by atoms with E-state index < -0.39 is 0 Å². The number of phenolic OH excluding ortho intramolecular Hbond substituents is 1. The largest absolute Gasteiger partial charge is 0.504 e. The fourth-order valence-corrected chi connectivity index (χ4v) is 1.13. The number of ether oxygens (including phenoxy) is 1. The maximum absolute atomic E-state index is 9.46. The second-order valence-corrected chi connectivity index (χ2v) is 2.73. The van der Waals surface area contributed by atoms with Crippen LogP contribution in [0.3, 0.4) is 0 Å². The molecule has 0 unspecified atom stereocenters. The highest BCUT2D eigenvalue weighted by Crippen LogP contribution is 2.32. The Hall–Kier alpha value is -1.42. The number of methoxy groups -OCH3 is 1. The SMILES string of the molecule is COc1cc(Cl)cc(C=NO)c1O. The van der Waals surface area contributed by atoms with Gasteiger partial charge in [0.25, 0.3) is 0 Å². The van der Waals surface area contributed by atoms with Gasteiger partial charge in [-0.2, -0.15) is 0 Å². The second-order valence-electron chi connectivity index (χ2n) is 2.29. The molecule has 0 saturated heterocycles. The standard InChI is InChI=1S/C8H8ClNO3/c1-13-7-3-6(9)2-5(4-10-12)8(7)11/h2-4,11-12H,1H3. The lowest BCUT2D eigenvalue weighted by molar-refractivity contribution is 0.321. The van der Waals surface area contributed by atoms with Crippen LogP contribution in [-0.4, -0.2) is 23.6 Å². The smallest absolute Gasteiger partial charge is 0.166 e. The molecule has 0 aliphatic carbocycles. The Morgan fingerprint density at radius 2 is 2.23 bits per heavy atom. The van der Waals surface area contributed by atoms with Gasteiger partial charge in [0.1, 0.15) is 0 Å². The molecule has 0 aliphatic heterocycles. The molecule has 70 valence electrons. The number of nitrogens with zero attached hydrogens (tertiary/aromatic N) is 1. The Morgan fingerprint density at radius 3 is 2.77 bits per heavy atom. The van der Waals surface area contributed by atoms with Crippen LogP contribution < -0.4 is 4.74 Å². The van der Waals surface area contributed by atoms with Crippen LogP contribution in [0, 0.1) is 0 Å². The summed E-state index contributed by atoms with van der Waals surface area (Å²) in [5.74, 6) is 0.132. The molecular weight excluding hydrogens is 194 g/mol. The minimum absolute atomic E-state index is 0.107. The lowest BCUT2D eigenvalue weighted by Crippen LogP contribution is -1.89. The van der Waals surface area contributed by atoms with Crippen LogP contribution in [0.4, 0.5) is 0 Å². The lowest BCUT2D eigenvalue weighted by Gasteiger charge is -2.05. The Bertz CT molecular complexity index is 338. The number of halogens is 1. The average molecular weight is 202 g/mol. The Morgan fingerprint density at radius 1 is 1.54 bits per heavy atom. The molecule has 0 saturated carbocycles. The number of benzene rings is 1. The fourth-order valence-electron chi connectivity index (χ4n) is 0.911. The summed E-state index contributed by atoms with van der Waals surface area (Å²) in [7, 11) is 1.41. The Kier molecular flexibility index (Phi) is 2.97. The number of aromatic hydroxyl groups is 1. The van der Waals surface area contributed by atoms with E-state index in [1.807, 2.05) is 0 Å². The van der Waals surface area contributed by atoms with Gasteiger partial charge in [0.2, 0.25) is 0 Å². The van der Waals surface area contributed by atoms with Crippen molar-refractivity contribution in [1.82, 2.24) is 0 Å². The molecule has 2 N–H and O–H groups in total. The summed E-state index contributed by atoms with van der Waals surface area (Å²) < 4.78 is 4.84. The second kappa shape index (κ2) is 4.00. The summed E-state index contributed by atoms with van der Waals surface area (Å²) in [5.41, 5.74) is 0.298. The van der Waals surface area contributed by atoms with E-state index in [9.17, 15) is 5.11 Å². The molecule has 0 atom stereocenters. The van der Waals surface area contributed by atoms with Gasteiger partial charge in [-0.3, -0.25) is 0 Å². The maximum atomic E-state index is 9.46.